The minimum Gasteiger partial charge on any atom is -0.489 e. The molecule has 0 amide bonds. The molecule has 0 aliphatic carbocycles. The van der Waals surface area contributed by atoms with E-state index in [4.69, 9.17) is 9.88 Å². The minimum atomic E-state index is -4.56. The molecule has 3 aromatic rings. The summed E-state index contributed by atoms with van der Waals surface area (Å²) in [7, 11) is -1.23. The third-order valence-corrected chi connectivity index (χ3v) is 4.56. The maximum atomic E-state index is 12.8. The molecular weight excluding hydrogens is 365 g/mol. The van der Waals surface area contributed by atoms with Crippen molar-refractivity contribution >= 4 is 16.6 Å². The highest BCUT2D eigenvalue weighted by atomic mass is 32.2. The second-order valence-electron chi connectivity index (χ2n) is 5.28. The zero-order valence-electron chi connectivity index (χ0n) is 13.4. The van der Waals surface area contributed by atoms with Crippen LogP contribution >= 0.6 is 0 Å². The van der Waals surface area contributed by atoms with E-state index in [-0.39, 0.29) is 5.69 Å². The van der Waals surface area contributed by atoms with Crippen LogP contribution in [0, 0.1) is 0 Å². The van der Waals surface area contributed by atoms with Crippen molar-refractivity contribution in [3.63, 3.8) is 0 Å². The van der Waals surface area contributed by atoms with Gasteiger partial charge in [0.15, 0.2) is 5.69 Å². The van der Waals surface area contributed by atoms with Gasteiger partial charge >= 0.3 is 6.18 Å². The first-order valence-corrected chi connectivity index (χ1v) is 8.76. The lowest BCUT2D eigenvalue weighted by Crippen LogP contribution is -2.07. The van der Waals surface area contributed by atoms with Crippen molar-refractivity contribution in [2.24, 2.45) is 9.50 Å². The zero-order chi connectivity index (χ0) is 18.6. The van der Waals surface area contributed by atoms with Crippen molar-refractivity contribution in [3.8, 4) is 5.75 Å². The maximum absolute atomic E-state index is 12.8. The monoisotopic (exact) mass is 380 g/mol. The summed E-state index contributed by atoms with van der Waals surface area (Å²) >= 11 is 0. The summed E-state index contributed by atoms with van der Waals surface area (Å²) in [5, 5.41) is 11.2. The van der Waals surface area contributed by atoms with Gasteiger partial charge in [0.05, 0.1) is 6.20 Å². The lowest BCUT2D eigenvalue weighted by molar-refractivity contribution is -0.140. The molecule has 1 atom stereocenters. The molecular formula is C17H15F3N4OS. The standard InChI is InChI=1S/C17H15F3N4OS/c18-17(19,20)16-15(10-22-23-16)24-26(21)14-8-6-12(7-9-14)11-25-13-4-2-1-3-5-13/h1-10H,11H2,(H2,21,24)(H,22,23). The number of aromatic nitrogens is 2. The van der Waals surface area contributed by atoms with Crippen LogP contribution < -0.4 is 9.88 Å². The van der Waals surface area contributed by atoms with Crippen LogP contribution in [-0.2, 0) is 23.7 Å². The SMILES string of the molecule is NS(=Nc1cn[nH]c1C(F)(F)F)c1ccc(COc2ccccc2)cc1. The van der Waals surface area contributed by atoms with Gasteiger partial charge < -0.3 is 4.74 Å². The largest absolute Gasteiger partial charge is 0.489 e. The molecule has 0 bridgehead atoms. The highest BCUT2D eigenvalue weighted by Crippen LogP contribution is 2.34. The van der Waals surface area contributed by atoms with E-state index < -0.39 is 22.7 Å². The molecule has 136 valence electrons. The number of nitrogens with two attached hydrogens (primary N) is 1. The number of benzene rings is 2. The normalized spacial score (nSPS) is 12.9. The number of rotatable bonds is 5. The van der Waals surface area contributed by atoms with Crippen LogP contribution in [0.25, 0.3) is 0 Å². The number of nitrogens with one attached hydrogen (secondary N) is 1. The van der Waals surface area contributed by atoms with Crippen LogP contribution in [-0.4, -0.2) is 10.2 Å². The molecule has 0 aliphatic rings. The number of para-hydroxylation sites is 1. The number of H-pyrrole nitrogens is 1. The summed E-state index contributed by atoms with van der Waals surface area (Å²) in [4.78, 5) is 0.614. The van der Waals surface area contributed by atoms with Gasteiger partial charge in [-0.2, -0.15) is 18.3 Å². The Kier molecular flexibility index (Phi) is 5.38. The third-order valence-electron chi connectivity index (χ3n) is 3.41. The lowest BCUT2D eigenvalue weighted by Gasteiger charge is -2.08. The zero-order valence-corrected chi connectivity index (χ0v) is 14.2. The Balaban J connectivity index is 1.71. The van der Waals surface area contributed by atoms with Crippen LogP contribution in [0.2, 0.25) is 0 Å². The Labute approximate surface area is 150 Å². The van der Waals surface area contributed by atoms with E-state index >= 15 is 0 Å². The van der Waals surface area contributed by atoms with Gasteiger partial charge in [-0.05, 0) is 29.8 Å². The number of ether oxygens (including phenoxy) is 1. The molecule has 9 heteroatoms. The van der Waals surface area contributed by atoms with E-state index in [2.05, 4.69) is 9.46 Å². The summed E-state index contributed by atoms with van der Waals surface area (Å²) in [5.41, 5.74) is -0.401. The molecule has 3 rings (SSSR count). The molecule has 1 unspecified atom stereocenters. The first-order valence-electron chi connectivity index (χ1n) is 7.51. The van der Waals surface area contributed by atoms with E-state index in [0.29, 0.717) is 11.5 Å². The van der Waals surface area contributed by atoms with Gasteiger partial charge in [-0.1, -0.05) is 30.3 Å². The third kappa shape index (κ3) is 4.50. The number of aromatic amines is 1. The van der Waals surface area contributed by atoms with Crippen molar-refractivity contribution in [2.75, 3.05) is 0 Å². The molecule has 0 saturated carbocycles. The van der Waals surface area contributed by atoms with Gasteiger partial charge in [-0.25, -0.2) is 4.36 Å². The molecule has 1 aromatic heterocycles. The first kappa shape index (κ1) is 18.2. The van der Waals surface area contributed by atoms with Gasteiger partial charge in [0.1, 0.15) is 18.0 Å². The average molecular weight is 380 g/mol. The van der Waals surface area contributed by atoms with Gasteiger partial charge in [0.2, 0.25) is 0 Å². The van der Waals surface area contributed by atoms with Crippen molar-refractivity contribution < 1.29 is 17.9 Å². The topological polar surface area (TPSA) is 76.3 Å². The fourth-order valence-electron chi connectivity index (χ4n) is 2.12. The summed E-state index contributed by atoms with van der Waals surface area (Å²) in [5.74, 6) is 0.754. The van der Waals surface area contributed by atoms with E-state index in [1.807, 2.05) is 35.4 Å². The summed E-state index contributed by atoms with van der Waals surface area (Å²) in [6.07, 6.45) is -3.55. The number of nitrogens with zero attached hydrogens (tertiary/aromatic N) is 2. The molecule has 2 aromatic carbocycles. The molecule has 26 heavy (non-hydrogen) atoms. The lowest BCUT2D eigenvalue weighted by atomic mass is 10.2. The summed E-state index contributed by atoms with van der Waals surface area (Å²) in [6.45, 7) is 0.375. The Morgan fingerprint density at radius 1 is 1.08 bits per heavy atom. The highest BCUT2D eigenvalue weighted by molar-refractivity contribution is 7.85. The average Bonchev–Trinajstić information content (AvgIpc) is 3.10. The quantitative estimate of drug-likeness (QED) is 0.690. The van der Waals surface area contributed by atoms with Crippen molar-refractivity contribution in [1.82, 2.24) is 10.2 Å². The molecule has 0 saturated heterocycles. The van der Waals surface area contributed by atoms with E-state index in [9.17, 15) is 13.2 Å². The Bertz CT molecular complexity index is 892. The molecule has 0 fully saturated rings. The molecule has 0 aliphatic heterocycles. The van der Waals surface area contributed by atoms with Gasteiger partial charge in [-0.15, -0.1) is 0 Å². The molecule has 3 N–H and O–H groups in total. The summed E-state index contributed by atoms with van der Waals surface area (Å²) in [6, 6.07) is 16.4. The van der Waals surface area contributed by atoms with Crippen LogP contribution in [0.5, 0.6) is 5.75 Å². The molecule has 1 heterocycles. The van der Waals surface area contributed by atoms with E-state index in [1.165, 1.54) is 0 Å². The highest BCUT2D eigenvalue weighted by Gasteiger charge is 2.35. The minimum absolute atomic E-state index is 0.306. The smallest absolute Gasteiger partial charge is 0.434 e. The first-order chi connectivity index (χ1) is 12.4. The second-order valence-corrected chi connectivity index (χ2v) is 6.56. The number of hydrogen-bond donors (Lipinski definition) is 2. The Morgan fingerprint density at radius 3 is 2.42 bits per heavy atom. The van der Waals surface area contributed by atoms with Gasteiger partial charge in [0, 0.05) is 15.8 Å². The second kappa shape index (κ2) is 7.71. The maximum Gasteiger partial charge on any atom is 0.434 e. The van der Waals surface area contributed by atoms with Crippen LogP contribution in [0.15, 0.2) is 70.1 Å². The van der Waals surface area contributed by atoms with E-state index in [0.717, 1.165) is 17.5 Å². The van der Waals surface area contributed by atoms with Crippen molar-refractivity contribution in [2.45, 2.75) is 17.7 Å². The number of hydrogen-bond acceptors (Lipinski definition) is 3. The van der Waals surface area contributed by atoms with Gasteiger partial charge in [-0.3, -0.25) is 10.2 Å². The van der Waals surface area contributed by atoms with Crippen molar-refractivity contribution in [1.29, 1.82) is 0 Å². The predicted octanol–water partition coefficient (Wildman–Crippen LogP) is 4.37. The van der Waals surface area contributed by atoms with Crippen LogP contribution in [0.1, 0.15) is 11.3 Å². The fourth-order valence-corrected chi connectivity index (χ4v) is 3.00. The molecule has 0 radical (unpaired) electrons. The number of alkyl halides is 3. The Hall–Kier alpha value is -2.65. The van der Waals surface area contributed by atoms with Crippen molar-refractivity contribution in [3.05, 3.63) is 72.1 Å². The number of halogens is 3. The predicted molar refractivity (Wildman–Crippen MR) is 92.7 cm³/mol. The summed E-state index contributed by atoms with van der Waals surface area (Å²) < 4.78 is 48.1. The molecule has 5 nitrogen and oxygen atoms in total. The van der Waals surface area contributed by atoms with Crippen LogP contribution in [0.3, 0.4) is 0 Å². The van der Waals surface area contributed by atoms with Gasteiger partial charge in [0.25, 0.3) is 0 Å². The molecule has 0 spiro atoms. The fraction of sp³-hybridized carbons (Fsp3) is 0.118. The van der Waals surface area contributed by atoms with E-state index in [1.54, 1.807) is 24.3 Å². The Morgan fingerprint density at radius 2 is 1.77 bits per heavy atom. The van der Waals surface area contributed by atoms with Crippen LogP contribution in [0.4, 0.5) is 18.9 Å².